The van der Waals surface area contributed by atoms with E-state index in [4.69, 9.17) is 4.74 Å². The lowest BCUT2D eigenvalue weighted by atomic mass is 9.88. The van der Waals surface area contributed by atoms with Crippen LogP contribution in [0.2, 0.25) is 0 Å². The number of thiazole rings is 1. The molecule has 1 fully saturated rings. The Bertz CT molecular complexity index is 739. The first-order chi connectivity index (χ1) is 11.2. The first-order valence-corrected chi connectivity index (χ1v) is 8.89. The fourth-order valence-corrected chi connectivity index (χ4v) is 3.66. The average Bonchev–Trinajstić information content (AvgIpc) is 3.03. The highest BCUT2D eigenvalue weighted by atomic mass is 32.1. The molecule has 0 aromatic carbocycles. The van der Waals surface area contributed by atoms with E-state index in [1.54, 1.807) is 11.6 Å². The van der Waals surface area contributed by atoms with E-state index in [-0.39, 0.29) is 17.2 Å². The summed E-state index contributed by atoms with van der Waals surface area (Å²) in [4.78, 5) is 29.0. The van der Waals surface area contributed by atoms with Crippen molar-refractivity contribution in [2.45, 2.75) is 38.7 Å². The Balaban J connectivity index is 1.52. The van der Waals surface area contributed by atoms with Gasteiger partial charge >= 0.3 is 0 Å². The summed E-state index contributed by atoms with van der Waals surface area (Å²) in [7, 11) is 0. The van der Waals surface area contributed by atoms with Gasteiger partial charge in [-0.25, -0.2) is 4.98 Å². The number of aromatic nitrogens is 2. The lowest BCUT2D eigenvalue weighted by molar-refractivity contribution is -0.00294. The molecule has 1 amide bonds. The molecule has 0 aliphatic heterocycles. The van der Waals surface area contributed by atoms with E-state index in [0.29, 0.717) is 24.0 Å². The molecule has 2 heterocycles. The zero-order chi connectivity index (χ0) is 16.2. The van der Waals surface area contributed by atoms with Crippen molar-refractivity contribution in [3.05, 3.63) is 33.7 Å². The number of nitrogens with one attached hydrogen (secondary N) is 1. The van der Waals surface area contributed by atoms with Gasteiger partial charge in [0.25, 0.3) is 11.5 Å². The average molecular weight is 335 g/mol. The number of hydrogen-bond donors (Lipinski definition) is 1. The molecule has 1 N–H and O–H groups in total. The molecule has 0 saturated heterocycles. The van der Waals surface area contributed by atoms with Crippen LogP contribution in [0.1, 0.15) is 43.0 Å². The third-order valence-corrected chi connectivity index (χ3v) is 5.11. The molecule has 2 aromatic rings. The standard InChI is InChI=1S/C16H21N3O3S/c1-11-4-2-3-5-13(11)22-8-6-17-14(20)12-10-18-16-19(15(12)21)7-9-23-16/h7,9-11,13H,2-6,8H2,1H3,(H,17,20). The predicted molar refractivity (Wildman–Crippen MR) is 89.0 cm³/mol. The molecule has 2 atom stereocenters. The summed E-state index contributed by atoms with van der Waals surface area (Å²) in [5.74, 6) is 0.178. The Labute approximate surface area is 138 Å². The Hall–Kier alpha value is -1.73. The Kier molecular flexibility index (Phi) is 5.07. The van der Waals surface area contributed by atoms with Crippen molar-refractivity contribution >= 4 is 22.2 Å². The van der Waals surface area contributed by atoms with Crippen molar-refractivity contribution in [1.82, 2.24) is 14.7 Å². The summed E-state index contributed by atoms with van der Waals surface area (Å²) in [6.45, 7) is 3.08. The van der Waals surface area contributed by atoms with Crippen molar-refractivity contribution < 1.29 is 9.53 Å². The zero-order valence-electron chi connectivity index (χ0n) is 13.2. The van der Waals surface area contributed by atoms with Gasteiger partial charge in [-0.15, -0.1) is 11.3 Å². The van der Waals surface area contributed by atoms with Crippen LogP contribution in [0.4, 0.5) is 0 Å². The number of fused-ring (bicyclic) bond motifs is 1. The molecule has 2 aromatic heterocycles. The maximum Gasteiger partial charge on any atom is 0.271 e. The number of hydrogen-bond acceptors (Lipinski definition) is 5. The van der Waals surface area contributed by atoms with Gasteiger partial charge in [-0.3, -0.25) is 14.0 Å². The second-order valence-corrected chi connectivity index (χ2v) is 6.83. The summed E-state index contributed by atoms with van der Waals surface area (Å²) in [6.07, 6.45) is 8.04. The summed E-state index contributed by atoms with van der Waals surface area (Å²) in [5, 5.41) is 4.51. The van der Waals surface area contributed by atoms with Crippen LogP contribution in [0, 0.1) is 5.92 Å². The monoisotopic (exact) mass is 335 g/mol. The summed E-state index contributed by atoms with van der Waals surface area (Å²) >= 11 is 1.36. The number of rotatable bonds is 5. The van der Waals surface area contributed by atoms with Crippen LogP contribution >= 0.6 is 11.3 Å². The Morgan fingerprint density at radius 3 is 3.13 bits per heavy atom. The fourth-order valence-electron chi connectivity index (χ4n) is 2.98. The van der Waals surface area contributed by atoms with Crippen LogP contribution in [-0.4, -0.2) is 34.5 Å². The Morgan fingerprint density at radius 1 is 1.48 bits per heavy atom. The highest BCUT2D eigenvalue weighted by Gasteiger charge is 2.21. The van der Waals surface area contributed by atoms with Crippen LogP contribution in [0.5, 0.6) is 0 Å². The van der Waals surface area contributed by atoms with Gasteiger partial charge in [-0.05, 0) is 18.8 Å². The number of amides is 1. The van der Waals surface area contributed by atoms with Gasteiger partial charge in [0.2, 0.25) is 0 Å². The predicted octanol–water partition coefficient (Wildman–Crippen LogP) is 2.08. The van der Waals surface area contributed by atoms with Gasteiger partial charge in [-0.2, -0.15) is 0 Å². The molecule has 2 unspecified atom stereocenters. The lowest BCUT2D eigenvalue weighted by Crippen LogP contribution is -2.34. The summed E-state index contributed by atoms with van der Waals surface area (Å²) in [6, 6.07) is 0. The largest absolute Gasteiger partial charge is 0.376 e. The highest BCUT2D eigenvalue weighted by molar-refractivity contribution is 7.15. The van der Waals surface area contributed by atoms with E-state index in [0.717, 1.165) is 6.42 Å². The minimum absolute atomic E-state index is 0.0620. The van der Waals surface area contributed by atoms with Crippen molar-refractivity contribution in [1.29, 1.82) is 0 Å². The molecule has 0 spiro atoms. The molecule has 124 valence electrons. The number of carbonyl (C=O) groups excluding carboxylic acids is 1. The van der Waals surface area contributed by atoms with Crippen LogP contribution in [0.25, 0.3) is 4.96 Å². The van der Waals surface area contributed by atoms with Gasteiger partial charge in [0.1, 0.15) is 5.56 Å². The van der Waals surface area contributed by atoms with Gasteiger partial charge in [0.15, 0.2) is 4.96 Å². The molecule has 1 aliphatic carbocycles. The normalized spacial score (nSPS) is 21.4. The van der Waals surface area contributed by atoms with Gasteiger partial charge in [0, 0.05) is 24.3 Å². The smallest absolute Gasteiger partial charge is 0.271 e. The maximum atomic E-state index is 12.2. The van der Waals surface area contributed by atoms with Gasteiger partial charge < -0.3 is 10.1 Å². The molecule has 7 heteroatoms. The van der Waals surface area contributed by atoms with Crippen LogP contribution in [-0.2, 0) is 4.74 Å². The van der Waals surface area contributed by atoms with Crippen molar-refractivity contribution in [3.63, 3.8) is 0 Å². The molecule has 6 nitrogen and oxygen atoms in total. The molecular formula is C16H21N3O3S. The lowest BCUT2D eigenvalue weighted by Gasteiger charge is -2.28. The van der Waals surface area contributed by atoms with Crippen LogP contribution in [0.3, 0.4) is 0 Å². The second kappa shape index (κ2) is 7.23. The minimum atomic E-state index is -0.400. The first-order valence-electron chi connectivity index (χ1n) is 8.01. The first kappa shape index (κ1) is 16.1. The van der Waals surface area contributed by atoms with Crippen LogP contribution < -0.4 is 10.9 Å². The summed E-state index contributed by atoms with van der Waals surface area (Å²) < 4.78 is 7.25. The third-order valence-electron chi connectivity index (χ3n) is 4.34. The van der Waals surface area contributed by atoms with E-state index in [2.05, 4.69) is 17.2 Å². The second-order valence-electron chi connectivity index (χ2n) is 5.96. The minimum Gasteiger partial charge on any atom is -0.376 e. The SMILES string of the molecule is CC1CCCCC1OCCNC(=O)c1cnc2sccn2c1=O. The molecule has 3 rings (SSSR count). The highest BCUT2D eigenvalue weighted by Crippen LogP contribution is 2.25. The molecule has 0 radical (unpaired) electrons. The van der Waals surface area contributed by atoms with Crippen molar-refractivity contribution in [2.24, 2.45) is 5.92 Å². The number of nitrogens with zero attached hydrogens (tertiary/aromatic N) is 2. The van der Waals surface area contributed by atoms with Gasteiger partial charge in [-0.1, -0.05) is 19.8 Å². The van der Waals surface area contributed by atoms with Crippen molar-refractivity contribution in [3.8, 4) is 0 Å². The van der Waals surface area contributed by atoms with Crippen molar-refractivity contribution in [2.75, 3.05) is 13.2 Å². The van der Waals surface area contributed by atoms with E-state index in [1.807, 2.05) is 0 Å². The number of ether oxygens (including phenoxy) is 1. The molecule has 0 bridgehead atoms. The van der Waals surface area contributed by atoms with Crippen LogP contribution in [0.15, 0.2) is 22.6 Å². The molecule has 1 saturated carbocycles. The van der Waals surface area contributed by atoms with Gasteiger partial charge in [0.05, 0.1) is 12.7 Å². The quantitative estimate of drug-likeness (QED) is 0.849. The maximum absolute atomic E-state index is 12.2. The van der Waals surface area contributed by atoms with E-state index in [9.17, 15) is 9.59 Å². The van der Waals surface area contributed by atoms with E-state index >= 15 is 0 Å². The molecule has 1 aliphatic rings. The summed E-state index contributed by atoms with van der Waals surface area (Å²) in [5.41, 5.74) is -0.275. The topological polar surface area (TPSA) is 72.7 Å². The fraction of sp³-hybridized carbons (Fsp3) is 0.562. The molecule has 23 heavy (non-hydrogen) atoms. The van der Waals surface area contributed by atoms with E-state index < -0.39 is 5.91 Å². The van der Waals surface area contributed by atoms with E-state index in [1.165, 1.54) is 41.2 Å². The number of carbonyl (C=O) groups is 1. The molecular weight excluding hydrogens is 314 g/mol. The third kappa shape index (κ3) is 3.61. The Morgan fingerprint density at radius 2 is 2.30 bits per heavy atom. The zero-order valence-corrected chi connectivity index (χ0v) is 14.0.